The van der Waals surface area contributed by atoms with E-state index in [9.17, 15) is 9.59 Å². The zero-order chi connectivity index (χ0) is 14.7. The summed E-state index contributed by atoms with van der Waals surface area (Å²) in [5, 5.41) is 0. The molecule has 6 nitrogen and oxygen atoms in total. The second-order valence-electron chi connectivity index (χ2n) is 5.04. The molecule has 2 heterocycles. The lowest BCUT2D eigenvalue weighted by molar-refractivity contribution is -0.132. The van der Waals surface area contributed by atoms with E-state index in [2.05, 4.69) is 0 Å². The quantitative estimate of drug-likeness (QED) is 0.875. The van der Waals surface area contributed by atoms with Gasteiger partial charge in [-0.15, -0.1) is 0 Å². The highest BCUT2D eigenvalue weighted by Crippen LogP contribution is 2.17. The minimum Gasteiger partial charge on any atom is -0.466 e. The zero-order valence-corrected chi connectivity index (χ0v) is 12.0. The second kappa shape index (κ2) is 6.09. The molecule has 0 aromatic carbocycles. The summed E-state index contributed by atoms with van der Waals surface area (Å²) >= 11 is 0. The fourth-order valence-corrected chi connectivity index (χ4v) is 2.45. The highest BCUT2D eigenvalue weighted by molar-refractivity contribution is 5.95. The van der Waals surface area contributed by atoms with Crippen LogP contribution in [-0.4, -0.2) is 54.3 Å². The maximum absolute atomic E-state index is 12.4. The molecule has 2 amide bonds. The van der Waals surface area contributed by atoms with Crippen LogP contribution in [0.1, 0.15) is 28.3 Å². The standard InChI is InChI=1S/C14H21N3O3/c1-10-9-12(11(2)20-10)14(19)17-7-5-16(6-8-17)13(18)3-4-15/h9H,3-8,15H2,1-2H3. The molecule has 0 radical (unpaired) electrons. The van der Waals surface area contributed by atoms with Crippen LogP contribution in [0.25, 0.3) is 0 Å². The number of piperazine rings is 1. The Balaban J connectivity index is 1.95. The first-order valence-corrected chi connectivity index (χ1v) is 6.87. The Morgan fingerprint density at radius 2 is 1.80 bits per heavy atom. The van der Waals surface area contributed by atoms with Crippen LogP contribution in [0.4, 0.5) is 0 Å². The van der Waals surface area contributed by atoms with Crippen molar-refractivity contribution in [3.05, 3.63) is 23.2 Å². The largest absolute Gasteiger partial charge is 0.466 e. The SMILES string of the molecule is Cc1cc(C(=O)N2CCN(C(=O)CCN)CC2)c(C)o1. The number of aryl methyl sites for hydroxylation is 2. The molecule has 2 N–H and O–H groups in total. The highest BCUT2D eigenvalue weighted by atomic mass is 16.3. The van der Waals surface area contributed by atoms with Crippen molar-refractivity contribution < 1.29 is 14.0 Å². The van der Waals surface area contributed by atoms with E-state index in [1.807, 2.05) is 6.92 Å². The molecule has 0 saturated carbocycles. The van der Waals surface area contributed by atoms with E-state index < -0.39 is 0 Å². The van der Waals surface area contributed by atoms with Crippen LogP contribution in [0.15, 0.2) is 10.5 Å². The van der Waals surface area contributed by atoms with Crippen molar-refractivity contribution in [3.8, 4) is 0 Å². The summed E-state index contributed by atoms with van der Waals surface area (Å²) in [4.78, 5) is 27.6. The first kappa shape index (κ1) is 14.6. The van der Waals surface area contributed by atoms with Gasteiger partial charge in [-0.25, -0.2) is 0 Å². The third-order valence-electron chi connectivity index (χ3n) is 3.55. The summed E-state index contributed by atoms with van der Waals surface area (Å²) in [6.07, 6.45) is 0.369. The third kappa shape index (κ3) is 3.01. The highest BCUT2D eigenvalue weighted by Gasteiger charge is 2.26. The van der Waals surface area contributed by atoms with Gasteiger partial charge in [-0.3, -0.25) is 9.59 Å². The number of hydrogen-bond donors (Lipinski definition) is 1. The molecule has 1 saturated heterocycles. The third-order valence-corrected chi connectivity index (χ3v) is 3.55. The van der Waals surface area contributed by atoms with E-state index in [-0.39, 0.29) is 11.8 Å². The molecule has 110 valence electrons. The van der Waals surface area contributed by atoms with Gasteiger partial charge in [-0.05, 0) is 19.9 Å². The van der Waals surface area contributed by atoms with Crippen LogP contribution in [-0.2, 0) is 4.79 Å². The fraction of sp³-hybridized carbons (Fsp3) is 0.571. The number of furan rings is 1. The van der Waals surface area contributed by atoms with Crippen molar-refractivity contribution in [2.24, 2.45) is 5.73 Å². The predicted molar refractivity (Wildman–Crippen MR) is 74.3 cm³/mol. The number of nitrogens with two attached hydrogens (primary N) is 1. The van der Waals surface area contributed by atoms with Gasteiger partial charge in [0.15, 0.2) is 0 Å². The van der Waals surface area contributed by atoms with Gasteiger partial charge in [0, 0.05) is 39.1 Å². The van der Waals surface area contributed by atoms with Gasteiger partial charge in [0.1, 0.15) is 11.5 Å². The molecule has 1 aromatic heterocycles. The maximum Gasteiger partial charge on any atom is 0.257 e. The number of rotatable bonds is 3. The predicted octanol–water partition coefficient (Wildman–Crippen LogP) is 0.530. The van der Waals surface area contributed by atoms with E-state index in [4.69, 9.17) is 10.2 Å². The monoisotopic (exact) mass is 279 g/mol. The van der Waals surface area contributed by atoms with Crippen molar-refractivity contribution in [2.75, 3.05) is 32.7 Å². The second-order valence-corrected chi connectivity index (χ2v) is 5.04. The molecular formula is C14H21N3O3. The lowest BCUT2D eigenvalue weighted by Gasteiger charge is -2.34. The van der Waals surface area contributed by atoms with Crippen LogP contribution < -0.4 is 5.73 Å². The van der Waals surface area contributed by atoms with Crippen molar-refractivity contribution in [1.29, 1.82) is 0 Å². The lowest BCUT2D eigenvalue weighted by Crippen LogP contribution is -2.50. The molecule has 1 aliphatic heterocycles. The van der Waals surface area contributed by atoms with E-state index in [1.54, 1.807) is 22.8 Å². The van der Waals surface area contributed by atoms with Gasteiger partial charge in [-0.1, -0.05) is 0 Å². The van der Waals surface area contributed by atoms with Crippen molar-refractivity contribution in [3.63, 3.8) is 0 Å². The summed E-state index contributed by atoms with van der Waals surface area (Å²) < 4.78 is 5.39. The Hall–Kier alpha value is -1.82. The van der Waals surface area contributed by atoms with E-state index in [0.717, 1.165) is 5.76 Å². The summed E-state index contributed by atoms with van der Waals surface area (Å²) in [6.45, 7) is 6.23. The molecule has 2 rings (SSSR count). The van der Waals surface area contributed by atoms with Crippen LogP contribution in [0.2, 0.25) is 0 Å². The van der Waals surface area contributed by atoms with Crippen molar-refractivity contribution in [1.82, 2.24) is 9.80 Å². The molecule has 1 aromatic rings. The average Bonchev–Trinajstić information content (AvgIpc) is 2.77. The molecule has 1 aliphatic rings. The zero-order valence-electron chi connectivity index (χ0n) is 12.0. The number of hydrogen-bond acceptors (Lipinski definition) is 4. The van der Waals surface area contributed by atoms with Crippen LogP contribution in [0.3, 0.4) is 0 Å². The topological polar surface area (TPSA) is 79.8 Å². The molecule has 0 aliphatic carbocycles. The average molecular weight is 279 g/mol. The van der Waals surface area contributed by atoms with Gasteiger partial charge in [0.2, 0.25) is 5.91 Å². The molecule has 0 spiro atoms. The molecule has 20 heavy (non-hydrogen) atoms. The van der Waals surface area contributed by atoms with Crippen molar-refractivity contribution >= 4 is 11.8 Å². The smallest absolute Gasteiger partial charge is 0.257 e. The van der Waals surface area contributed by atoms with E-state index in [1.165, 1.54) is 0 Å². The van der Waals surface area contributed by atoms with E-state index in [0.29, 0.717) is 50.5 Å². The van der Waals surface area contributed by atoms with Gasteiger partial charge >= 0.3 is 0 Å². The number of carbonyl (C=O) groups is 2. The Kier molecular flexibility index (Phi) is 4.44. The Morgan fingerprint density at radius 3 is 2.30 bits per heavy atom. The molecule has 0 unspecified atom stereocenters. The normalized spacial score (nSPS) is 15.6. The van der Waals surface area contributed by atoms with Crippen LogP contribution in [0.5, 0.6) is 0 Å². The molecular weight excluding hydrogens is 258 g/mol. The van der Waals surface area contributed by atoms with Gasteiger partial charge < -0.3 is 20.0 Å². The molecule has 1 fully saturated rings. The van der Waals surface area contributed by atoms with Crippen LogP contribution in [0, 0.1) is 13.8 Å². The van der Waals surface area contributed by atoms with E-state index >= 15 is 0 Å². The molecule has 0 atom stereocenters. The maximum atomic E-state index is 12.4. The minimum atomic E-state index is -0.0229. The van der Waals surface area contributed by atoms with Crippen LogP contribution >= 0.6 is 0 Å². The molecule has 6 heteroatoms. The summed E-state index contributed by atoms with van der Waals surface area (Å²) in [6, 6.07) is 1.77. The number of nitrogens with zero attached hydrogens (tertiary/aromatic N) is 2. The Morgan fingerprint density at radius 1 is 1.20 bits per heavy atom. The Labute approximate surface area is 118 Å². The van der Waals surface area contributed by atoms with Crippen molar-refractivity contribution in [2.45, 2.75) is 20.3 Å². The van der Waals surface area contributed by atoms with Gasteiger partial charge in [0.25, 0.3) is 5.91 Å². The minimum absolute atomic E-state index is 0.0229. The first-order chi connectivity index (χ1) is 9.52. The lowest BCUT2D eigenvalue weighted by atomic mass is 10.2. The van der Waals surface area contributed by atoms with Gasteiger partial charge in [0.05, 0.1) is 5.56 Å². The molecule has 0 bridgehead atoms. The Bertz CT molecular complexity index is 502. The summed E-state index contributed by atoms with van der Waals surface area (Å²) in [5.74, 6) is 1.43. The number of amides is 2. The fourth-order valence-electron chi connectivity index (χ4n) is 2.45. The van der Waals surface area contributed by atoms with Gasteiger partial charge in [-0.2, -0.15) is 0 Å². The first-order valence-electron chi connectivity index (χ1n) is 6.87. The summed E-state index contributed by atoms with van der Waals surface area (Å²) in [5.41, 5.74) is 6.00. The summed E-state index contributed by atoms with van der Waals surface area (Å²) in [7, 11) is 0. The number of carbonyl (C=O) groups excluding carboxylic acids is 2.